The van der Waals surface area contributed by atoms with Gasteiger partial charge in [0.1, 0.15) is 17.3 Å². The minimum atomic E-state index is -0.489. The van der Waals surface area contributed by atoms with Gasteiger partial charge in [-0.1, -0.05) is 11.6 Å². The average molecular weight is 338 g/mol. The fourth-order valence-corrected chi connectivity index (χ4v) is 2.45. The van der Waals surface area contributed by atoms with Crippen molar-refractivity contribution >= 4 is 17.5 Å². The lowest BCUT2D eigenvalue weighted by atomic mass is 10.1. The second-order valence-electron chi connectivity index (χ2n) is 4.93. The first kappa shape index (κ1) is 17.1. The van der Waals surface area contributed by atoms with Crippen molar-refractivity contribution in [3.05, 3.63) is 58.4 Å². The molecule has 0 aliphatic rings. The van der Waals surface area contributed by atoms with E-state index in [0.29, 0.717) is 11.5 Å². The van der Waals surface area contributed by atoms with Crippen LogP contribution < -0.4 is 14.8 Å². The molecule has 1 amide bonds. The van der Waals surface area contributed by atoms with Gasteiger partial charge in [0.2, 0.25) is 0 Å². The standard InChI is InChI=1S/C17H17ClFNO3/c1-10(13-7-5-12(22-2)9-16(13)23-3)20-17(21)14-6-4-11(19)8-15(14)18/h4-10H,1-3H3,(H,20,21). The van der Waals surface area contributed by atoms with Gasteiger partial charge in [-0.15, -0.1) is 0 Å². The molecule has 0 aliphatic heterocycles. The molecule has 0 aliphatic carbocycles. The first-order valence-corrected chi connectivity index (χ1v) is 7.32. The molecule has 0 heterocycles. The molecule has 2 aromatic rings. The van der Waals surface area contributed by atoms with E-state index in [9.17, 15) is 9.18 Å². The Hall–Kier alpha value is -2.27. The molecular formula is C17H17ClFNO3. The fourth-order valence-electron chi connectivity index (χ4n) is 2.20. The van der Waals surface area contributed by atoms with Crippen LogP contribution in [0.5, 0.6) is 11.5 Å². The number of carbonyl (C=O) groups is 1. The largest absolute Gasteiger partial charge is 0.497 e. The maximum absolute atomic E-state index is 13.1. The highest BCUT2D eigenvalue weighted by atomic mass is 35.5. The zero-order chi connectivity index (χ0) is 17.0. The third-order valence-corrected chi connectivity index (χ3v) is 3.74. The fraction of sp³-hybridized carbons (Fsp3) is 0.235. The van der Waals surface area contributed by atoms with Gasteiger partial charge in [0.25, 0.3) is 5.91 Å². The summed E-state index contributed by atoms with van der Waals surface area (Å²) in [5.74, 6) is 0.379. The number of benzene rings is 2. The Bertz CT molecular complexity index is 721. The van der Waals surface area contributed by atoms with E-state index in [-0.39, 0.29) is 22.5 Å². The number of rotatable bonds is 5. The Labute approximate surface area is 139 Å². The molecule has 0 spiro atoms. The number of hydrogen-bond acceptors (Lipinski definition) is 3. The molecule has 1 N–H and O–H groups in total. The molecule has 0 saturated heterocycles. The van der Waals surface area contributed by atoms with Crippen molar-refractivity contribution in [2.45, 2.75) is 13.0 Å². The van der Waals surface area contributed by atoms with Gasteiger partial charge in [0.15, 0.2) is 0 Å². The number of nitrogens with one attached hydrogen (secondary N) is 1. The lowest BCUT2D eigenvalue weighted by Crippen LogP contribution is -2.27. The molecular weight excluding hydrogens is 321 g/mol. The number of amides is 1. The zero-order valence-corrected chi connectivity index (χ0v) is 13.8. The van der Waals surface area contributed by atoms with Crippen LogP contribution in [0.1, 0.15) is 28.9 Å². The number of methoxy groups -OCH3 is 2. The van der Waals surface area contributed by atoms with Gasteiger partial charge in [-0.2, -0.15) is 0 Å². The molecule has 0 saturated carbocycles. The van der Waals surface area contributed by atoms with Crippen LogP contribution in [0.4, 0.5) is 4.39 Å². The van der Waals surface area contributed by atoms with E-state index < -0.39 is 5.82 Å². The smallest absolute Gasteiger partial charge is 0.253 e. The molecule has 6 heteroatoms. The van der Waals surface area contributed by atoms with E-state index in [1.54, 1.807) is 26.4 Å². The molecule has 4 nitrogen and oxygen atoms in total. The quantitative estimate of drug-likeness (QED) is 0.897. The van der Waals surface area contributed by atoms with Crippen molar-refractivity contribution in [1.29, 1.82) is 0 Å². The summed E-state index contributed by atoms with van der Waals surface area (Å²) in [6.45, 7) is 1.82. The van der Waals surface area contributed by atoms with Crippen molar-refractivity contribution in [3.8, 4) is 11.5 Å². The number of ether oxygens (including phenoxy) is 2. The van der Waals surface area contributed by atoms with Crippen molar-refractivity contribution < 1.29 is 18.7 Å². The van der Waals surface area contributed by atoms with Gasteiger partial charge in [-0.3, -0.25) is 4.79 Å². The molecule has 1 atom stereocenters. The van der Waals surface area contributed by atoms with Crippen LogP contribution >= 0.6 is 11.6 Å². The predicted octanol–water partition coefficient (Wildman–Crippen LogP) is 3.99. The number of halogens is 2. The molecule has 0 fully saturated rings. The Morgan fingerprint density at radius 1 is 1.17 bits per heavy atom. The van der Waals surface area contributed by atoms with E-state index in [1.165, 1.54) is 12.1 Å². The molecule has 0 aromatic heterocycles. The Kier molecular flexibility index (Phi) is 5.45. The van der Waals surface area contributed by atoms with Crippen LogP contribution in [-0.4, -0.2) is 20.1 Å². The first-order valence-electron chi connectivity index (χ1n) is 6.94. The minimum Gasteiger partial charge on any atom is -0.497 e. The van der Waals surface area contributed by atoms with Gasteiger partial charge in [-0.25, -0.2) is 4.39 Å². The highest BCUT2D eigenvalue weighted by molar-refractivity contribution is 6.33. The Balaban J connectivity index is 2.21. The highest BCUT2D eigenvalue weighted by Crippen LogP contribution is 2.29. The summed E-state index contributed by atoms with van der Waals surface area (Å²) in [4.78, 5) is 12.3. The van der Waals surface area contributed by atoms with Gasteiger partial charge >= 0.3 is 0 Å². The maximum atomic E-state index is 13.1. The van der Waals surface area contributed by atoms with Crippen LogP contribution in [0.15, 0.2) is 36.4 Å². The summed E-state index contributed by atoms with van der Waals surface area (Å²) in [6.07, 6.45) is 0. The van der Waals surface area contributed by atoms with E-state index >= 15 is 0 Å². The van der Waals surface area contributed by atoms with E-state index in [0.717, 1.165) is 11.6 Å². The number of hydrogen-bond donors (Lipinski definition) is 1. The van der Waals surface area contributed by atoms with Crippen molar-refractivity contribution in [3.63, 3.8) is 0 Å². The summed E-state index contributed by atoms with van der Waals surface area (Å²) in [5.41, 5.74) is 1.01. The second kappa shape index (κ2) is 7.33. The van der Waals surface area contributed by atoms with Gasteiger partial charge in [-0.05, 0) is 37.3 Å². The molecule has 1 unspecified atom stereocenters. The molecule has 122 valence electrons. The first-order chi connectivity index (χ1) is 11.0. The lowest BCUT2D eigenvalue weighted by molar-refractivity contribution is 0.0939. The number of carbonyl (C=O) groups excluding carboxylic acids is 1. The summed E-state index contributed by atoms with van der Waals surface area (Å²) in [5, 5.41) is 2.88. The summed E-state index contributed by atoms with van der Waals surface area (Å²) >= 11 is 5.91. The molecule has 0 bridgehead atoms. The van der Waals surface area contributed by atoms with Gasteiger partial charge < -0.3 is 14.8 Å². The van der Waals surface area contributed by atoms with Crippen LogP contribution in [-0.2, 0) is 0 Å². The summed E-state index contributed by atoms with van der Waals surface area (Å²) in [6, 6.07) is 8.66. The normalized spacial score (nSPS) is 11.7. The third-order valence-electron chi connectivity index (χ3n) is 3.43. The van der Waals surface area contributed by atoms with E-state index in [1.807, 2.05) is 13.0 Å². The molecule has 2 rings (SSSR count). The Morgan fingerprint density at radius 2 is 1.91 bits per heavy atom. The topological polar surface area (TPSA) is 47.6 Å². The van der Waals surface area contributed by atoms with Crippen molar-refractivity contribution in [1.82, 2.24) is 5.32 Å². The van der Waals surface area contributed by atoms with Crippen LogP contribution in [0.2, 0.25) is 5.02 Å². The SMILES string of the molecule is COc1ccc(C(C)NC(=O)c2ccc(F)cc2Cl)c(OC)c1. The average Bonchev–Trinajstić information content (AvgIpc) is 2.53. The second-order valence-corrected chi connectivity index (χ2v) is 5.33. The molecule has 0 radical (unpaired) electrons. The van der Waals surface area contributed by atoms with Crippen LogP contribution in [0.3, 0.4) is 0 Å². The van der Waals surface area contributed by atoms with E-state index in [2.05, 4.69) is 5.32 Å². The predicted molar refractivity (Wildman–Crippen MR) is 86.8 cm³/mol. The van der Waals surface area contributed by atoms with Gasteiger partial charge in [0.05, 0.1) is 30.8 Å². The monoisotopic (exact) mass is 337 g/mol. The summed E-state index contributed by atoms with van der Waals surface area (Å²) < 4.78 is 23.5. The summed E-state index contributed by atoms with van der Waals surface area (Å²) in [7, 11) is 3.11. The molecule has 2 aromatic carbocycles. The van der Waals surface area contributed by atoms with Crippen molar-refractivity contribution in [2.75, 3.05) is 14.2 Å². The lowest BCUT2D eigenvalue weighted by Gasteiger charge is -2.18. The van der Waals surface area contributed by atoms with E-state index in [4.69, 9.17) is 21.1 Å². The van der Waals surface area contributed by atoms with Gasteiger partial charge in [0, 0.05) is 11.6 Å². The highest BCUT2D eigenvalue weighted by Gasteiger charge is 2.17. The van der Waals surface area contributed by atoms with Crippen LogP contribution in [0.25, 0.3) is 0 Å². The maximum Gasteiger partial charge on any atom is 0.253 e. The minimum absolute atomic E-state index is 0.0661. The van der Waals surface area contributed by atoms with Crippen LogP contribution in [0, 0.1) is 5.82 Å². The molecule has 23 heavy (non-hydrogen) atoms. The zero-order valence-electron chi connectivity index (χ0n) is 13.0. The van der Waals surface area contributed by atoms with Crippen molar-refractivity contribution in [2.24, 2.45) is 0 Å². The Morgan fingerprint density at radius 3 is 2.52 bits per heavy atom. The third kappa shape index (κ3) is 3.93.